The minimum Gasteiger partial charge on any atom is -0.391 e. The van der Waals surface area contributed by atoms with Crippen molar-refractivity contribution < 1.29 is 5.11 Å². The molecule has 0 aliphatic carbocycles. The predicted octanol–water partition coefficient (Wildman–Crippen LogP) is 1.89. The Morgan fingerprint density at radius 2 is 2.36 bits per heavy atom. The first-order valence-electron chi connectivity index (χ1n) is 3.29. The molecule has 2 atom stereocenters. The minimum atomic E-state index is -0.486. The van der Waals surface area contributed by atoms with Crippen LogP contribution in [0.4, 0.5) is 0 Å². The molecular weight excluding hydrogens is 226 g/mol. The maximum atomic E-state index is 9.15. The summed E-state index contributed by atoms with van der Waals surface area (Å²) >= 11 is 4.88. The van der Waals surface area contributed by atoms with Crippen LogP contribution in [0.1, 0.15) is 17.8 Å². The summed E-state index contributed by atoms with van der Waals surface area (Å²) in [4.78, 5) is 1.01. The van der Waals surface area contributed by atoms with Gasteiger partial charge in [0.05, 0.1) is 12.1 Å². The molecule has 0 fully saturated rings. The molecule has 62 valence electrons. The van der Waals surface area contributed by atoms with Crippen LogP contribution < -0.4 is 5.73 Å². The number of thiophene rings is 1. The van der Waals surface area contributed by atoms with E-state index in [0.29, 0.717) is 0 Å². The van der Waals surface area contributed by atoms with Crippen LogP contribution in [-0.4, -0.2) is 11.2 Å². The molecule has 1 rings (SSSR count). The summed E-state index contributed by atoms with van der Waals surface area (Å²) in [5.74, 6) is 0. The van der Waals surface area contributed by atoms with E-state index in [1.807, 2.05) is 11.4 Å². The number of aliphatic hydroxyl groups excluding tert-OH is 1. The smallest absolute Gasteiger partial charge is 0.0712 e. The van der Waals surface area contributed by atoms with Crippen molar-refractivity contribution in [2.45, 2.75) is 19.1 Å². The zero-order chi connectivity index (χ0) is 8.43. The van der Waals surface area contributed by atoms with Crippen molar-refractivity contribution >= 4 is 27.3 Å². The fraction of sp³-hybridized carbons (Fsp3) is 0.429. The predicted molar refractivity (Wildman–Crippen MR) is 50.6 cm³/mol. The fourth-order valence-corrected chi connectivity index (χ4v) is 2.29. The summed E-state index contributed by atoms with van der Waals surface area (Å²) in [6.07, 6.45) is -0.486. The molecule has 0 saturated carbocycles. The van der Waals surface area contributed by atoms with Gasteiger partial charge in [0.25, 0.3) is 0 Å². The Morgan fingerprint density at radius 1 is 1.73 bits per heavy atom. The average Bonchev–Trinajstić information content (AvgIpc) is 2.34. The van der Waals surface area contributed by atoms with Crippen molar-refractivity contribution in [2.75, 3.05) is 0 Å². The van der Waals surface area contributed by atoms with Gasteiger partial charge in [-0.25, -0.2) is 0 Å². The first-order valence-corrected chi connectivity index (χ1v) is 4.96. The van der Waals surface area contributed by atoms with E-state index < -0.39 is 6.10 Å². The summed E-state index contributed by atoms with van der Waals surface area (Å²) in [5, 5.41) is 11.1. The standard InChI is InChI=1S/C7H10BrNOS/c1-4(10)7(9)6-2-5(8)3-11-6/h2-4,7,10H,9H2,1H3/t4-,7+/m0/s1. The molecule has 1 aromatic rings. The van der Waals surface area contributed by atoms with Gasteiger partial charge in [-0.3, -0.25) is 0 Å². The highest BCUT2D eigenvalue weighted by Gasteiger charge is 2.13. The van der Waals surface area contributed by atoms with E-state index in [1.165, 1.54) is 0 Å². The Labute approximate surface area is 78.2 Å². The lowest BCUT2D eigenvalue weighted by Crippen LogP contribution is -2.21. The Kier molecular flexibility index (Phi) is 3.06. The van der Waals surface area contributed by atoms with Gasteiger partial charge in [-0.1, -0.05) is 0 Å². The summed E-state index contributed by atoms with van der Waals surface area (Å²) in [6, 6.07) is 1.67. The molecule has 0 spiro atoms. The van der Waals surface area contributed by atoms with Crippen molar-refractivity contribution in [1.29, 1.82) is 0 Å². The molecule has 3 N–H and O–H groups in total. The summed E-state index contributed by atoms with van der Waals surface area (Å²) in [5.41, 5.74) is 5.69. The van der Waals surface area contributed by atoms with E-state index in [1.54, 1.807) is 18.3 Å². The van der Waals surface area contributed by atoms with Crippen molar-refractivity contribution in [3.8, 4) is 0 Å². The number of aliphatic hydroxyl groups is 1. The van der Waals surface area contributed by atoms with E-state index in [4.69, 9.17) is 10.8 Å². The number of halogens is 1. The van der Waals surface area contributed by atoms with E-state index in [0.717, 1.165) is 9.35 Å². The first kappa shape index (κ1) is 9.19. The maximum absolute atomic E-state index is 9.15. The second-order valence-corrected chi connectivity index (χ2v) is 4.29. The molecule has 0 aliphatic rings. The quantitative estimate of drug-likeness (QED) is 0.823. The fourth-order valence-electron chi connectivity index (χ4n) is 0.741. The minimum absolute atomic E-state index is 0.258. The van der Waals surface area contributed by atoms with Crippen LogP contribution >= 0.6 is 27.3 Å². The monoisotopic (exact) mass is 235 g/mol. The lowest BCUT2D eigenvalue weighted by atomic mass is 10.2. The van der Waals surface area contributed by atoms with E-state index in [2.05, 4.69) is 15.9 Å². The number of hydrogen-bond acceptors (Lipinski definition) is 3. The molecule has 2 nitrogen and oxygen atoms in total. The molecule has 0 aliphatic heterocycles. The van der Waals surface area contributed by atoms with Gasteiger partial charge in [0.15, 0.2) is 0 Å². The molecule has 1 aromatic heterocycles. The summed E-state index contributed by atoms with van der Waals surface area (Å²) in [7, 11) is 0. The van der Waals surface area contributed by atoms with E-state index in [-0.39, 0.29) is 6.04 Å². The third kappa shape index (κ3) is 2.27. The molecule has 0 aromatic carbocycles. The SMILES string of the molecule is C[C@H](O)[C@@H](N)c1cc(Br)cs1. The summed E-state index contributed by atoms with van der Waals surface area (Å²) in [6.45, 7) is 1.69. The molecule has 0 unspecified atom stereocenters. The molecule has 0 saturated heterocycles. The van der Waals surface area contributed by atoms with Gasteiger partial charge < -0.3 is 10.8 Å². The highest BCUT2D eigenvalue weighted by Crippen LogP contribution is 2.25. The Bertz CT molecular complexity index is 236. The lowest BCUT2D eigenvalue weighted by molar-refractivity contribution is 0.165. The number of rotatable bonds is 2. The van der Waals surface area contributed by atoms with Crippen LogP contribution in [0.25, 0.3) is 0 Å². The maximum Gasteiger partial charge on any atom is 0.0712 e. The van der Waals surface area contributed by atoms with Crippen LogP contribution in [0.5, 0.6) is 0 Å². The van der Waals surface area contributed by atoms with Crippen LogP contribution in [0.15, 0.2) is 15.9 Å². The zero-order valence-corrected chi connectivity index (χ0v) is 8.52. The molecular formula is C7H10BrNOS. The highest BCUT2D eigenvalue weighted by atomic mass is 79.9. The van der Waals surface area contributed by atoms with Gasteiger partial charge in [0, 0.05) is 14.7 Å². The van der Waals surface area contributed by atoms with Crippen molar-refractivity contribution in [1.82, 2.24) is 0 Å². The topological polar surface area (TPSA) is 46.2 Å². The lowest BCUT2D eigenvalue weighted by Gasteiger charge is -2.11. The second-order valence-electron chi connectivity index (χ2n) is 2.43. The van der Waals surface area contributed by atoms with Gasteiger partial charge in [-0.15, -0.1) is 11.3 Å². The van der Waals surface area contributed by atoms with Gasteiger partial charge >= 0.3 is 0 Å². The largest absolute Gasteiger partial charge is 0.391 e. The third-order valence-corrected chi connectivity index (χ3v) is 3.23. The van der Waals surface area contributed by atoms with E-state index in [9.17, 15) is 0 Å². The summed E-state index contributed by atoms with van der Waals surface area (Å²) < 4.78 is 1.02. The molecule has 4 heteroatoms. The molecule has 0 radical (unpaired) electrons. The van der Waals surface area contributed by atoms with Crippen LogP contribution in [0, 0.1) is 0 Å². The van der Waals surface area contributed by atoms with Crippen molar-refractivity contribution in [3.05, 3.63) is 20.8 Å². The first-order chi connectivity index (χ1) is 5.11. The second kappa shape index (κ2) is 3.67. The normalized spacial score (nSPS) is 16.4. The zero-order valence-electron chi connectivity index (χ0n) is 6.12. The van der Waals surface area contributed by atoms with Gasteiger partial charge in [-0.05, 0) is 28.9 Å². The highest BCUT2D eigenvalue weighted by molar-refractivity contribution is 9.10. The van der Waals surface area contributed by atoms with Gasteiger partial charge in [0.1, 0.15) is 0 Å². The Hall–Kier alpha value is 0.1000. The van der Waals surface area contributed by atoms with Crippen LogP contribution in [0.2, 0.25) is 0 Å². The molecule has 11 heavy (non-hydrogen) atoms. The van der Waals surface area contributed by atoms with Crippen molar-refractivity contribution in [3.63, 3.8) is 0 Å². The molecule has 0 bridgehead atoms. The third-order valence-electron chi connectivity index (χ3n) is 1.44. The average molecular weight is 236 g/mol. The molecule has 0 amide bonds. The Morgan fingerprint density at radius 3 is 2.73 bits per heavy atom. The van der Waals surface area contributed by atoms with Crippen LogP contribution in [-0.2, 0) is 0 Å². The number of nitrogens with two attached hydrogens (primary N) is 1. The van der Waals surface area contributed by atoms with Crippen molar-refractivity contribution in [2.24, 2.45) is 5.73 Å². The molecule has 1 heterocycles. The van der Waals surface area contributed by atoms with E-state index >= 15 is 0 Å². The van der Waals surface area contributed by atoms with Gasteiger partial charge in [0.2, 0.25) is 0 Å². The van der Waals surface area contributed by atoms with Crippen LogP contribution in [0.3, 0.4) is 0 Å². The van der Waals surface area contributed by atoms with Gasteiger partial charge in [-0.2, -0.15) is 0 Å². The Balaban J connectivity index is 2.76. The number of hydrogen-bond donors (Lipinski definition) is 2.